The number of methoxy groups -OCH3 is 1. The Bertz CT molecular complexity index is 724. The first-order valence-electron chi connectivity index (χ1n) is 10.6. The lowest BCUT2D eigenvalue weighted by Crippen LogP contribution is -2.55. The van der Waals surface area contributed by atoms with E-state index >= 15 is 0 Å². The third-order valence-corrected chi connectivity index (χ3v) is 5.83. The normalized spacial score (nSPS) is 34.5. The van der Waals surface area contributed by atoms with Gasteiger partial charge in [0.1, 0.15) is 24.4 Å². The summed E-state index contributed by atoms with van der Waals surface area (Å²) in [7, 11) is 1.29. The zero-order valence-electron chi connectivity index (χ0n) is 18.4. The third-order valence-electron chi connectivity index (χ3n) is 5.83. The Kier molecular flexibility index (Phi) is 7.35. The zero-order chi connectivity index (χ0) is 22.8. The van der Waals surface area contributed by atoms with Gasteiger partial charge in [0.25, 0.3) is 0 Å². The van der Waals surface area contributed by atoms with Gasteiger partial charge in [-0.25, -0.2) is 4.79 Å². The van der Waals surface area contributed by atoms with E-state index in [4.69, 9.17) is 18.9 Å². The highest BCUT2D eigenvalue weighted by Crippen LogP contribution is 2.38. The van der Waals surface area contributed by atoms with Gasteiger partial charge in [0.05, 0.1) is 25.9 Å². The fourth-order valence-corrected chi connectivity index (χ4v) is 4.36. The molecule has 10 nitrogen and oxygen atoms in total. The number of amides is 2. The maximum absolute atomic E-state index is 12.3. The Morgan fingerprint density at radius 2 is 1.97 bits per heavy atom. The monoisotopic (exact) mass is 440 g/mol. The van der Waals surface area contributed by atoms with Crippen molar-refractivity contribution in [3.05, 3.63) is 12.2 Å². The molecule has 0 aromatic carbocycles. The molecule has 6 atom stereocenters. The molecular weight excluding hydrogens is 408 g/mol. The first-order valence-corrected chi connectivity index (χ1v) is 10.6. The molecule has 0 unspecified atom stereocenters. The van der Waals surface area contributed by atoms with Crippen molar-refractivity contribution in [2.45, 2.75) is 82.4 Å². The molecule has 31 heavy (non-hydrogen) atoms. The molecule has 3 heterocycles. The molecule has 0 aromatic heterocycles. The molecular formula is C21H32N2O8. The van der Waals surface area contributed by atoms with Crippen LogP contribution in [0, 0.1) is 0 Å². The molecule has 3 aliphatic heterocycles. The van der Waals surface area contributed by atoms with Gasteiger partial charge in [-0.2, -0.15) is 0 Å². The summed E-state index contributed by atoms with van der Waals surface area (Å²) < 4.78 is 22.2. The van der Waals surface area contributed by atoms with Crippen molar-refractivity contribution in [3.63, 3.8) is 0 Å². The average molecular weight is 440 g/mol. The van der Waals surface area contributed by atoms with Gasteiger partial charge >= 0.3 is 5.97 Å². The number of nitrogens with zero attached hydrogens (tertiary/aromatic N) is 1. The van der Waals surface area contributed by atoms with Crippen LogP contribution in [-0.4, -0.2) is 90.3 Å². The minimum atomic E-state index is -0.886. The fourth-order valence-electron chi connectivity index (χ4n) is 4.36. The maximum atomic E-state index is 12.3. The van der Waals surface area contributed by atoms with Crippen LogP contribution in [0.2, 0.25) is 0 Å². The second-order valence-corrected chi connectivity index (χ2v) is 8.56. The van der Waals surface area contributed by atoms with Crippen LogP contribution >= 0.6 is 0 Å². The molecule has 3 aliphatic rings. The van der Waals surface area contributed by atoms with Crippen LogP contribution < -0.4 is 5.32 Å². The molecule has 3 rings (SSSR count). The molecule has 0 spiro atoms. The van der Waals surface area contributed by atoms with Crippen LogP contribution in [0.4, 0.5) is 0 Å². The van der Waals surface area contributed by atoms with Gasteiger partial charge < -0.3 is 34.3 Å². The number of hydrogen-bond donors (Lipinski definition) is 2. The number of carbonyl (C=O) groups is 3. The van der Waals surface area contributed by atoms with Crippen molar-refractivity contribution in [1.29, 1.82) is 0 Å². The highest BCUT2D eigenvalue weighted by atomic mass is 16.8. The summed E-state index contributed by atoms with van der Waals surface area (Å²) in [6.45, 7) is 5.70. The van der Waals surface area contributed by atoms with E-state index in [1.54, 1.807) is 19.9 Å². The summed E-state index contributed by atoms with van der Waals surface area (Å²) in [5.74, 6) is -2.01. The first kappa shape index (κ1) is 23.6. The third kappa shape index (κ3) is 5.43. The molecule has 0 aromatic rings. The summed E-state index contributed by atoms with van der Waals surface area (Å²) >= 11 is 0. The van der Waals surface area contributed by atoms with Crippen LogP contribution in [0.25, 0.3) is 0 Å². The van der Waals surface area contributed by atoms with Crippen LogP contribution in [0.3, 0.4) is 0 Å². The molecule has 0 aliphatic carbocycles. The van der Waals surface area contributed by atoms with E-state index in [9.17, 15) is 19.5 Å². The summed E-state index contributed by atoms with van der Waals surface area (Å²) in [6.07, 6.45) is 1.95. The van der Waals surface area contributed by atoms with Gasteiger partial charge in [-0.05, 0) is 46.1 Å². The van der Waals surface area contributed by atoms with E-state index in [1.165, 1.54) is 18.1 Å². The molecule has 2 amide bonds. The molecule has 174 valence electrons. The number of esters is 1. The van der Waals surface area contributed by atoms with Crippen molar-refractivity contribution in [3.8, 4) is 0 Å². The molecule has 3 saturated heterocycles. The summed E-state index contributed by atoms with van der Waals surface area (Å²) in [4.78, 5) is 37.6. The van der Waals surface area contributed by atoms with Crippen LogP contribution in [0.5, 0.6) is 0 Å². The lowest BCUT2D eigenvalue weighted by molar-refractivity contribution is -0.179. The van der Waals surface area contributed by atoms with Gasteiger partial charge in [-0.3, -0.25) is 9.59 Å². The second-order valence-electron chi connectivity index (χ2n) is 8.56. The topological polar surface area (TPSA) is 124 Å². The number of ether oxygens (including phenoxy) is 4. The highest BCUT2D eigenvalue weighted by molar-refractivity contribution is 5.92. The Balaban J connectivity index is 1.45. The Labute approximate surface area is 181 Å². The number of fused-ring (bicyclic) bond motifs is 1. The predicted octanol–water partition coefficient (Wildman–Crippen LogP) is -0.119. The summed E-state index contributed by atoms with van der Waals surface area (Å²) in [5, 5.41) is 13.1. The van der Waals surface area contributed by atoms with Crippen molar-refractivity contribution in [1.82, 2.24) is 10.2 Å². The van der Waals surface area contributed by atoms with Crippen LogP contribution in [-0.2, 0) is 33.3 Å². The fraction of sp³-hybridized carbons (Fsp3) is 0.762. The van der Waals surface area contributed by atoms with E-state index < -0.39 is 42.0 Å². The zero-order valence-corrected chi connectivity index (χ0v) is 18.4. The van der Waals surface area contributed by atoms with Gasteiger partial charge in [-0.1, -0.05) is 6.08 Å². The molecule has 0 radical (unpaired) electrons. The van der Waals surface area contributed by atoms with Gasteiger partial charge in [-0.15, -0.1) is 0 Å². The highest BCUT2D eigenvalue weighted by Gasteiger charge is 2.53. The first-order chi connectivity index (χ1) is 14.6. The summed E-state index contributed by atoms with van der Waals surface area (Å²) in [5.41, 5.74) is 0. The van der Waals surface area contributed by atoms with E-state index in [-0.39, 0.29) is 24.7 Å². The van der Waals surface area contributed by atoms with Crippen molar-refractivity contribution < 1.29 is 38.4 Å². The number of nitrogens with one attached hydrogen (secondary N) is 1. The molecule has 3 fully saturated rings. The van der Waals surface area contributed by atoms with Crippen molar-refractivity contribution in [2.24, 2.45) is 0 Å². The SMILES string of the molecule is COC(=O)[C@@H]1CCCN1C(=O)CNC(=O)/C=C/C[C@@H]1O[C@@H](C)[C@H]2OC(C)(C)O[C@H]2[C@@H]1O. The minimum absolute atomic E-state index is 0.208. The van der Waals surface area contributed by atoms with Crippen LogP contribution in [0.15, 0.2) is 12.2 Å². The molecule has 10 heteroatoms. The molecule has 0 bridgehead atoms. The van der Waals surface area contributed by atoms with Crippen molar-refractivity contribution >= 4 is 17.8 Å². The average Bonchev–Trinajstić information content (AvgIpc) is 3.33. The van der Waals surface area contributed by atoms with E-state index in [2.05, 4.69) is 5.32 Å². The predicted molar refractivity (Wildman–Crippen MR) is 108 cm³/mol. The number of likely N-dealkylation sites (tertiary alicyclic amines) is 1. The van der Waals surface area contributed by atoms with E-state index in [1.807, 2.05) is 6.92 Å². The quantitative estimate of drug-likeness (QED) is 0.433. The Morgan fingerprint density at radius 3 is 2.68 bits per heavy atom. The standard InChI is InChI=1S/C21H32N2O8/c1-12-18-19(31-21(2,3)30-18)17(26)14(29-12)8-5-9-15(24)22-11-16(25)23-10-6-7-13(23)20(27)28-4/h5,9,12-14,17-19,26H,6-8,10-11H2,1-4H3,(H,22,24)/b9-5+/t12-,13-,14-,17+,18+,19-/m0/s1. The molecule has 2 N–H and O–H groups in total. The van der Waals surface area contributed by atoms with Crippen molar-refractivity contribution in [2.75, 3.05) is 20.2 Å². The summed E-state index contributed by atoms with van der Waals surface area (Å²) in [6, 6.07) is -0.590. The van der Waals surface area contributed by atoms with E-state index in [0.717, 1.165) is 6.42 Å². The van der Waals surface area contributed by atoms with Crippen LogP contribution in [0.1, 0.15) is 40.0 Å². The number of aliphatic hydroxyl groups is 1. The number of hydrogen-bond acceptors (Lipinski definition) is 8. The Hall–Kier alpha value is -2.01. The van der Waals surface area contributed by atoms with Gasteiger partial charge in [0.15, 0.2) is 5.79 Å². The molecule has 0 saturated carbocycles. The lowest BCUT2D eigenvalue weighted by atomic mass is 9.94. The smallest absolute Gasteiger partial charge is 0.328 e. The largest absolute Gasteiger partial charge is 0.467 e. The second kappa shape index (κ2) is 9.64. The lowest BCUT2D eigenvalue weighted by Gasteiger charge is -2.38. The minimum Gasteiger partial charge on any atom is -0.467 e. The van der Waals surface area contributed by atoms with E-state index in [0.29, 0.717) is 19.4 Å². The number of carbonyl (C=O) groups excluding carboxylic acids is 3. The number of rotatable bonds is 6. The van der Waals surface area contributed by atoms with Gasteiger partial charge in [0.2, 0.25) is 11.8 Å². The van der Waals surface area contributed by atoms with Gasteiger partial charge in [0, 0.05) is 6.54 Å². The number of aliphatic hydroxyl groups excluding tert-OH is 1. The Morgan fingerprint density at radius 1 is 1.26 bits per heavy atom. The maximum Gasteiger partial charge on any atom is 0.328 e.